The molecular formula is C18H36N2O. The van der Waals surface area contributed by atoms with Gasteiger partial charge in [0.05, 0.1) is 0 Å². The molecule has 1 aliphatic carbocycles. The van der Waals surface area contributed by atoms with Crippen LogP contribution in [0.3, 0.4) is 0 Å². The zero-order valence-corrected chi connectivity index (χ0v) is 14.6. The summed E-state index contributed by atoms with van der Waals surface area (Å²) < 4.78 is 0. The molecule has 3 rings (SSSR count). The molecule has 0 aromatic rings. The van der Waals surface area contributed by atoms with E-state index in [0.29, 0.717) is 5.91 Å². The minimum absolute atomic E-state index is 0.292. The maximum absolute atomic E-state index is 10.5. The number of rotatable bonds is 0. The van der Waals surface area contributed by atoms with E-state index in [-0.39, 0.29) is 0 Å². The molecule has 2 aliphatic heterocycles. The molecule has 3 nitrogen and oxygen atoms in total. The second-order valence-corrected chi connectivity index (χ2v) is 7.03. The summed E-state index contributed by atoms with van der Waals surface area (Å²) in [5.41, 5.74) is 0. The van der Waals surface area contributed by atoms with E-state index in [0.717, 1.165) is 25.3 Å². The Bertz CT molecular complexity index is 252. The number of piperidine rings is 1. The lowest BCUT2D eigenvalue weighted by atomic mass is 9.91. The van der Waals surface area contributed by atoms with Crippen LogP contribution in [-0.4, -0.2) is 49.4 Å². The average Bonchev–Trinajstić information content (AvgIpc) is 2.86. The summed E-state index contributed by atoms with van der Waals surface area (Å²) in [5, 5.41) is 0. The summed E-state index contributed by atoms with van der Waals surface area (Å²) in [6, 6.07) is 0. The third-order valence-corrected chi connectivity index (χ3v) is 4.78. The lowest BCUT2D eigenvalue weighted by Crippen LogP contribution is -2.24. The van der Waals surface area contributed by atoms with Gasteiger partial charge in [-0.15, -0.1) is 0 Å². The summed E-state index contributed by atoms with van der Waals surface area (Å²) in [5.74, 6) is 1.33. The zero-order chi connectivity index (χ0) is 15.5. The van der Waals surface area contributed by atoms with E-state index in [1.807, 2.05) is 7.05 Å². The number of nitrogens with zero attached hydrogens (tertiary/aromatic N) is 2. The summed E-state index contributed by atoms with van der Waals surface area (Å²) in [4.78, 5) is 14.7. The molecular weight excluding hydrogens is 260 g/mol. The van der Waals surface area contributed by atoms with Crippen molar-refractivity contribution >= 4 is 5.91 Å². The summed E-state index contributed by atoms with van der Waals surface area (Å²) >= 11 is 0. The van der Waals surface area contributed by atoms with Gasteiger partial charge in [0.2, 0.25) is 5.91 Å². The van der Waals surface area contributed by atoms with Gasteiger partial charge in [-0.2, -0.15) is 0 Å². The molecule has 0 aromatic carbocycles. The Labute approximate surface area is 132 Å². The minimum atomic E-state index is 0.292. The van der Waals surface area contributed by atoms with Crippen molar-refractivity contribution in [1.29, 1.82) is 0 Å². The van der Waals surface area contributed by atoms with E-state index in [4.69, 9.17) is 0 Å². The number of hydrogen-bond acceptors (Lipinski definition) is 2. The van der Waals surface area contributed by atoms with Crippen molar-refractivity contribution in [3.05, 3.63) is 0 Å². The van der Waals surface area contributed by atoms with E-state index in [2.05, 4.69) is 18.9 Å². The highest BCUT2D eigenvalue weighted by Crippen LogP contribution is 2.22. The van der Waals surface area contributed by atoms with Gasteiger partial charge in [-0.05, 0) is 45.3 Å². The van der Waals surface area contributed by atoms with Crippen LogP contribution in [0.25, 0.3) is 0 Å². The third kappa shape index (κ3) is 9.13. The van der Waals surface area contributed by atoms with Crippen molar-refractivity contribution < 1.29 is 4.79 Å². The van der Waals surface area contributed by atoms with Gasteiger partial charge in [-0.3, -0.25) is 4.79 Å². The predicted molar refractivity (Wildman–Crippen MR) is 90.5 cm³/mol. The fourth-order valence-electron chi connectivity index (χ4n) is 3.14. The SMILES string of the molecule is CC1CCCCC1.CN1CCCC1=O.CN1CCCCC1. The molecule has 2 saturated heterocycles. The molecule has 3 heteroatoms. The number of hydrogen-bond donors (Lipinski definition) is 0. The van der Waals surface area contributed by atoms with Crippen LogP contribution in [0.15, 0.2) is 0 Å². The fraction of sp³-hybridized carbons (Fsp3) is 0.944. The van der Waals surface area contributed by atoms with Gasteiger partial charge in [-0.1, -0.05) is 45.4 Å². The topological polar surface area (TPSA) is 23.6 Å². The van der Waals surface area contributed by atoms with Gasteiger partial charge >= 0.3 is 0 Å². The number of carbonyl (C=O) groups is 1. The quantitative estimate of drug-likeness (QED) is 0.676. The number of amides is 1. The highest BCUT2D eigenvalue weighted by molar-refractivity contribution is 5.77. The summed E-state index contributed by atoms with van der Waals surface area (Å²) in [6.07, 6.45) is 13.5. The van der Waals surface area contributed by atoms with Crippen LogP contribution in [-0.2, 0) is 4.79 Å². The van der Waals surface area contributed by atoms with Gasteiger partial charge in [0.15, 0.2) is 0 Å². The second-order valence-electron chi connectivity index (χ2n) is 7.03. The molecule has 0 bridgehead atoms. The maximum atomic E-state index is 10.5. The number of carbonyl (C=O) groups excluding carboxylic acids is 1. The summed E-state index contributed by atoms with van der Waals surface area (Å²) in [6.45, 7) is 5.96. The van der Waals surface area contributed by atoms with Crippen molar-refractivity contribution in [3.63, 3.8) is 0 Å². The van der Waals surface area contributed by atoms with E-state index < -0.39 is 0 Å². The maximum Gasteiger partial charge on any atom is 0.222 e. The average molecular weight is 296 g/mol. The lowest BCUT2D eigenvalue weighted by Gasteiger charge is -2.20. The Morgan fingerprint density at radius 2 is 1.38 bits per heavy atom. The van der Waals surface area contributed by atoms with E-state index in [1.165, 1.54) is 64.5 Å². The van der Waals surface area contributed by atoms with E-state index >= 15 is 0 Å². The third-order valence-electron chi connectivity index (χ3n) is 4.78. The van der Waals surface area contributed by atoms with Crippen molar-refractivity contribution in [3.8, 4) is 0 Å². The Kier molecular flexibility index (Phi) is 9.73. The van der Waals surface area contributed by atoms with Crippen LogP contribution < -0.4 is 0 Å². The van der Waals surface area contributed by atoms with Gasteiger partial charge in [0, 0.05) is 20.0 Å². The monoisotopic (exact) mass is 296 g/mol. The first-order valence-electron chi connectivity index (χ1n) is 9.02. The zero-order valence-electron chi connectivity index (χ0n) is 14.6. The first-order valence-corrected chi connectivity index (χ1v) is 9.02. The van der Waals surface area contributed by atoms with Crippen molar-refractivity contribution in [2.45, 2.75) is 71.1 Å². The van der Waals surface area contributed by atoms with Crippen molar-refractivity contribution in [2.24, 2.45) is 5.92 Å². The minimum Gasteiger partial charge on any atom is -0.346 e. The predicted octanol–water partition coefficient (Wildman–Crippen LogP) is 3.93. The first kappa shape index (κ1) is 18.5. The van der Waals surface area contributed by atoms with Crippen LogP contribution in [0.1, 0.15) is 71.1 Å². The Morgan fingerprint density at radius 1 is 0.810 bits per heavy atom. The molecule has 1 amide bonds. The van der Waals surface area contributed by atoms with E-state index in [1.54, 1.807) is 4.90 Å². The Hall–Kier alpha value is -0.570. The molecule has 2 heterocycles. The highest BCUT2D eigenvalue weighted by atomic mass is 16.2. The van der Waals surface area contributed by atoms with E-state index in [9.17, 15) is 4.79 Å². The number of likely N-dealkylation sites (tertiary alicyclic amines) is 2. The van der Waals surface area contributed by atoms with Crippen LogP contribution in [0.2, 0.25) is 0 Å². The standard InChI is InChI=1S/C7H14.C6H13N.C5H9NO/c2*1-7-5-3-2-4-6-7;1-6-4-2-3-5(6)7/h7H,2-6H2,1H3;2-6H2,1H3;2-4H2,1H3. The lowest BCUT2D eigenvalue weighted by molar-refractivity contribution is -0.126. The molecule has 0 aromatic heterocycles. The molecule has 3 fully saturated rings. The van der Waals surface area contributed by atoms with Crippen LogP contribution in [0, 0.1) is 5.92 Å². The highest BCUT2D eigenvalue weighted by Gasteiger charge is 2.14. The van der Waals surface area contributed by atoms with Crippen LogP contribution in [0.5, 0.6) is 0 Å². The molecule has 0 radical (unpaired) electrons. The van der Waals surface area contributed by atoms with Gasteiger partial charge in [0.25, 0.3) is 0 Å². The van der Waals surface area contributed by atoms with Gasteiger partial charge < -0.3 is 9.80 Å². The molecule has 0 N–H and O–H groups in total. The molecule has 0 spiro atoms. The van der Waals surface area contributed by atoms with Crippen LogP contribution in [0.4, 0.5) is 0 Å². The molecule has 21 heavy (non-hydrogen) atoms. The molecule has 0 unspecified atom stereocenters. The molecule has 1 saturated carbocycles. The smallest absolute Gasteiger partial charge is 0.222 e. The van der Waals surface area contributed by atoms with Crippen LogP contribution >= 0.6 is 0 Å². The second kappa shape index (κ2) is 11.1. The van der Waals surface area contributed by atoms with Crippen molar-refractivity contribution in [1.82, 2.24) is 9.80 Å². The molecule has 124 valence electrons. The molecule has 0 atom stereocenters. The largest absolute Gasteiger partial charge is 0.346 e. The Morgan fingerprint density at radius 3 is 1.62 bits per heavy atom. The van der Waals surface area contributed by atoms with Gasteiger partial charge in [0.1, 0.15) is 0 Å². The molecule has 3 aliphatic rings. The van der Waals surface area contributed by atoms with Gasteiger partial charge in [-0.25, -0.2) is 0 Å². The van der Waals surface area contributed by atoms with Crippen molar-refractivity contribution in [2.75, 3.05) is 33.7 Å². The fourth-order valence-corrected chi connectivity index (χ4v) is 3.14. The Balaban J connectivity index is 0.000000157. The first-order chi connectivity index (χ1) is 10.1. The summed E-state index contributed by atoms with van der Waals surface area (Å²) in [7, 11) is 4.04. The normalized spacial score (nSPS) is 24.0.